The summed E-state index contributed by atoms with van der Waals surface area (Å²) in [5.74, 6) is 0.266. The molecule has 3 heterocycles. The number of esters is 1. The SMILES string of the molecule is CC(C)(C)OC(=O)CN1CCC(CNC(=O)N2CCN(C3CCN(C(=O)OC(C)(C)C)CC3)CC2)CC1. The Bertz CT molecular complexity index is 769. The van der Waals surface area contributed by atoms with Gasteiger partial charge in [-0.05, 0) is 86.2 Å². The molecule has 3 fully saturated rings. The summed E-state index contributed by atoms with van der Waals surface area (Å²) >= 11 is 0. The Labute approximate surface area is 223 Å². The van der Waals surface area contributed by atoms with Crippen molar-refractivity contribution in [2.45, 2.75) is 84.5 Å². The molecule has 0 aromatic rings. The van der Waals surface area contributed by atoms with Crippen molar-refractivity contribution in [3.05, 3.63) is 0 Å². The van der Waals surface area contributed by atoms with Gasteiger partial charge >= 0.3 is 18.1 Å². The molecule has 0 radical (unpaired) electrons. The standard InChI is InChI=1S/C27H49N5O5/c1-26(2,3)36-23(33)20-29-11-7-21(8-12-29)19-28-24(34)31-17-15-30(16-18-31)22-9-13-32(14-10-22)25(35)37-27(4,5)6/h21-22H,7-20H2,1-6H3,(H,28,34). The van der Waals surface area contributed by atoms with E-state index >= 15 is 0 Å². The molecule has 0 aromatic carbocycles. The lowest BCUT2D eigenvalue weighted by Gasteiger charge is -2.42. The Morgan fingerprint density at radius 1 is 0.730 bits per heavy atom. The lowest BCUT2D eigenvalue weighted by Crippen LogP contribution is -2.56. The molecule has 3 saturated heterocycles. The van der Waals surface area contributed by atoms with E-state index in [9.17, 15) is 14.4 Å². The van der Waals surface area contributed by atoms with E-state index in [0.717, 1.165) is 78.0 Å². The third-order valence-electron chi connectivity index (χ3n) is 7.26. The van der Waals surface area contributed by atoms with Gasteiger partial charge in [0.25, 0.3) is 0 Å². The van der Waals surface area contributed by atoms with Crippen LogP contribution in [0.4, 0.5) is 9.59 Å². The van der Waals surface area contributed by atoms with E-state index < -0.39 is 11.2 Å². The second-order valence-corrected chi connectivity index (χ2v) is 12.7. The summed E-state index contributed by atoms with van der Waals surface area (Å²) in [5.41, 5.74) is -0.922. The van der Waals surface area contributed by atoms with Crippen LogP contribution in [0.2, 0.25) is 0 Å². The number of carbonyl (C=O) groups excluding carboxylic acids is 3. The lowest BCUT2D eigenvalue weighted by molar-refractivity contribution is -0.156. The van der Waals surface area contributed by atoms with Crippen LogP contribution in [-0.2, 0) is 14.3 Å². The van der Waals surface area contributed by atoms with E-state index in [1.807, 2.05) is 51.3 Å². The molecule has 0 unspecified atom stereocenters. The van der Waals surface area contributed by atoms with Crippen molar-refractivity contribution in [3.63, 3.8) is 0 Å². The van der Waals surface area contributed by atoms with Crippen LogP contribution >= 0.6 is 0 Å². The zero-order chi connectivity index (χ0) is 27.2. The minimum atomic E-state index is -0.468. The van der Waals surface area contributed by atoms with Crippen molar-refractivity contribution in [1.82, 2.24) is 24.9 Å². The van der Waals surface area contributed by atoms with Gasteiger partial charge in [-0.15, -0.1) is 0 Å². The Morgan fingerprint density at radius 2 is 1.30 bits per heavy atom. The summed E-state index contributed by atoms with van der Waals surface area (Å²) in [4.78, 5) is 45.5. The van der Waals surface area contributed by atoms with Crippen LogP contribution in [-0.4, -0.2) is 120 Å². The molecule has 3 rings (SSSR count). The first-order valence-electron chi connectivity index (χ1n) is 14.0. The average molecular weight is 524 g/mol. The fourth-order valence-electron chi connectivity index (χ4n) is 5.28. The summed E-state index contributed by atoms with van der Waals surface area (Å²) < 4.78 is 10.9. The number of urea groups is 1. The van der Waals surface area contributed by atoms with Crippen molar-refractivity contribution in [2.24, 2.45) is 5.92 Å². The van der Waals surface area contributed by atoms with Crippen LogP contribution < -0.4 is 5.32 Å². The van der Waals surface area contributed by atoms with Gasteiger partial charge in [-0.1, -0.05) is 0 Å². The number of ether oxygens (including phenoxy) is 2. The molecule has 3 aliphatic heterocycles. The van der Waals surface area contributed by atoms with Crippen LogP contribution in [0.15, 0.2) is 0 Å². The highest BCUT2D eigenvalue weighted by Crippen LogP contribution is 2.21. The van der Waals surface area contributed by atoms with Gasteiger partial charge in [0.15, 0.2) is 0 Å². The molecule has 10 heteroatoms. The van der Waals surface area contributed by atoms with Crippen molar-refractivity contribution in [3.8, 4) is 0 Å². The van der Waals surface area contributed by atoms with Gasteiger partial charge in [-0.25, -0.2) is 9.59 Å². The highest BCUT2D eigenvalue weighted by molar-refractivity contribution is 5.74. The summed E-state index contributed by atoms with van der Waals surface area (Å²) in [5, 5.41) is 3.14. The number of rotatable bonds is 5. The minimum Gasteiger partial charge on any atom is -0.459 e. The summed E-state index contributed by atoms with van der Waals surface area (Å²) in [7, 11) is 0. The fraction of sp³-hybridized carbons (Fsp3) is 0.889. The monoisotopic (exact) mass is 523 g/mol. The average Bonchev–Trinajstić information content (AvgIpc) is 2.81. The van der Waals surface area contributed by atoms with Crippen molar-refractivity contribution < 1.29 is 23.9 Å². The largest absolute Gasteiger partial charge is 0.459 e. The van der Waals surface area contributed by atoms with E-state index in [2.05, 4.69) is 15.1 Å². The predicted octanol–water partition coefficient (Wildman–Crippen LogP) is 2.77. The number of piperazine rings is 1. The number of hydrogen-bond acceptors (Lipinski definition) is 7. The normalized spacial score (nSPS) is 21.6. The van der Waals surface area contributed by atoms with E-state index in [1.165, 1.54) is 0 Å². The topological polar surface area (TPSA) is 94.7 Å². The zero-order valence-electron chi connectivity index (χ0n) is 23.9. The first-order valence-corrected chi connectivity index (χ1v) is 14.0. The maximum atomic E-state index is 12.8. The first kappa shape index (κ1) is 29.5. The summed E-state index contributed by atoms with van der Waals surface area (Å²) in [6, 6.07) is 0.477. The van der Waals surface area contributed by atoms with Gasteiger partial charge in [0, 0.05) is 51.9 Å². The Balaban J connectivity index is 1.29. The zero-order valence-corrected chi connectivity index (χ0v) is 23.9. The Hall–Kier alpha value is -2.07. The van der Waals surface area contributed by atoms with Gasteiger partial charge in [-0.2, -0.15) is 0 Å². The molecule has 1 N–H and O–H groups in total. The second kappa shape index (κ2) is 12.7. The maximum absolute atomic E-state index is 12.8. The minimum absolute atomic E-state index is 0.0237. The number of nitrogens with one attached hydrogen (secondary N) is 1. The number of hydrogen-bond donors (Lipinski definition) is 1. The third-order valence-corrected chi connectivity index (χ3v) is 7.26. The van der Waals surface area contributed by atoms with E-state index in [4.69, 9.17) is 9.47 Å². The molecule has 3 aliphatic rings. The molecular formula is C27H49N5O5. The van der Waals surface area contributed by atoms with Gasteiger partial charge in [0.2, 0.25) is 0 Å². The third kappa shape index (κ3) is 9.96. The first-order chi connectivity index (χ1) is 17.3. The highest BCUT2D eigenvalue weighted by atomic mass is 16.6. The predicted molar refractivity (Wildman–Crippen MR) is 142 cm³/mol. The quantitative estimate of drug-likeness (QED) is 0.554. The molecular weight excluding hydrogens is 474 g/mol. The molecule has 3 amide bonds. The van der Waals surface area contributed by atoms with Crippen molar-refractivity contribution in [1.29, 1.82) is 0 Å². The van der Waals surface area contributed by atoms with Crippen molar-refractivity contribution >= 4 is 18.1 Å². The van der Waals surface area contributed by atoms with E-state index in [-0.39, 0.29) is 18.1 Å². The van der Waals surface area contributed by atoms with Gasteiger partial charge in [0.05, 0.1) is 6.54 Å². The second-order valence-electron chi connectivity index (χ2n) is 12.7. The van der Waals surface area contributed by atoms with Crippen LogP contribution in [0, 0.1) is 5.92 Å². The molecule has 0 atom stereocenters. The van der Waals surface area contributed by atoms with Gasteiger partial charge in [-0.3, -0.25) is 14.6 Å². The van der Waals surface area contributed by atoms with E-state index in [1.54, 1.807) is 0 Å². The molecule has 0 saturated carbocycles. The van der Waals surface area contributed by atoms with Gasteiger partial charge < -0.3 is 24.6 Å². The molecule has 0 aliphatic carbocycles. The molecule has 10 nitrogen and oxygen atoms in total. The van der Waals surface area contributed by atoms with Crippen molar-refractivity contribution in [2.75, 3.05) is 65.4 Å². The number of amides is 3. The number of nitrogens with zero attached hydrogens (tertiary/aromatic N) is 4. The molecule has 212 valence electrons. The molecule has 0 aromatic heterocycles. The van der Waals surface area contributed by atoms with Crippen LogP contribution in [0.3, 0.4) is 0 Å². The number of piperidine rings is 2. The molecule has 0 spiro atoms. The van der Waals surface area contributed by atoms with Crippen LogP contribution in [0.25, 0.3) is 0 Å². The Morgan fingerprint density at radius 3 is 1.84 bits per heavy atom. The number of likely N-dealkylation sites (tertiary alicyclic amines) is 2. The lowest BCUT2D eigenvalue weighted by atomic mass is 9.97. The molecule has 0 bridgehead atoms. The molecule has 37 heavy (non-hydrogen) atoms. The van der Waals surface area contributed by atoms with Crippen LogP contribution in [0.1, 0.15) is 67.2 Å². The number of carbonyl (C=O) groups is 3. The Kier molecular flexibility index (Phi) is 10.1. The highest BCUT2D eigenvalue weighted by Gasteiger charge is 2.32. The summed E-state index contributed by atoms with van der Waals surface area (Å²) in [6.07, 6.45) is 3.61. The maximum Gasteiger partial charge on any atom is 0.410 e. The van der Waals surface area contributed by atoms with Gasteiger partial charge in [0.1, 0.15) is 11.2 Å². The van der Waals surface area contributed by atoms with E-state index in [0.29, 0.717) is 25.0 Å². The van der Waals surface area contributed by atoms with Crippen LogP contribution in [0.5, 0.6) is 0 Å². The summed E-state index contributed by atoms with van der Waals surface area (Å²) in [6.45, 7) is 18.7. The smallest absolute Gasteiger partial charge is 0.410 e. The fourth-order valence-corrected chi connectivity index (χ4v) is 5.28.